The van der Waals surface area contributed by atoms with Gasteiger partial charge in [-0.05, 0) is 0 Å². The number of nitrogens with zero attached hydrogens (tertiary/aromatic N) is 2. The summed E-state index contributed by atoms with van der Waals surface area (Å²) in [5, 5.41) is 18.3. The van der Waals surface area contributed by atoms with Crippen LogP contribution in [-0.4, -0.2) is 27.0 Å². The minimum absolute atomic E-state index is 0.0989. The third-order valence-corrected chi connectivity index (χ3v) is 3.92. The van der Waals surface area contributed by atoms with Crippen molar-refractivity contribution in [2.45, 2.75) is 4.34 Å². The Morgan fingerprint density at radius 1 is 1.35 bits per heavy atom. The number of nitrogens with one attached hydrogen (secondary N) is 1. The van der Waals surface area contributed by atoms with Crippen LogP contribution in [0.4, 0.5) is 24.0 Å². The van der Waals surface area contributed by atoms with E-state index in [4.69, 9.17) is 5.11 Å². The molecule has 5 nitrogen and oxygen atoms in total. The molecule has 0 unspecified atom stereocenters. The highest BCUT2D eigenvalue weighted by Crippen LogP contribution is 2.29. The number of carbonyl (C=O) groups is 1. The largest absolute Gasteiger partial charge is 0.481 e. The lowest BCUT2D eigenvalue weighted by molar-refractivity contribution is -0.133. The van der Waals surface area contributed by atoms with Crippen molar-refractivity contribution >= 4 is 39.9 Å². The van der Waals surface area contributed by atoms with Gasteiger partial charge in [0, 0.05) is 12.1 Å². The Bertz CT molecular complexity index is 651. The highest BCUT2D eigenvalue weighted by molar-refractivity contribution is 8.01. The predicted molar refractivity (Wildman–Crippen MR) is 67.9 cm³/mol. The lowest BCUT2D eigenvalue weighted by Crippen LogP contribution is -1.97. The van der Waals surface area contributed by atoms with Crippen molar-refractivity contribution in [2.24, 2.45) is 0 Å². The van der Waals surface area contributed by atoms with Crippen LogP contribution in [0.25, 0.3) is 0 Å². The van der Waals surface area contributed by atoms with Gasteiger partial charge in [0.2, 0.25) is 5.13 Å². The van der Waals surface area contributed by atoms with Gasteiger partial charge in [0.15, 0.2) is 16.0 Å². The van der Waals surface area contributed by atoms with E-state index in [2.05, 4.69) is 15.5 Å². The quantitative estimate of drug-likeness (QED) is 0.651. The Morgan fingerprint density at radius 2 is 2.10 bits per heavy atom. The molecule has 2 N–H and O–H groups in total. The maximum Gasteiger partial charge on any atom is 0.313 e. The third-order valence-electron chi connectivity index (χ3n) is 1.96. The monoisotopic (exact) mass is 321 g/mol. The Morgan fingerprint density at radius 3 is 2.80 bits per heavy atom. The molecule has 2 aromatic rings. The first-order valence-corrected chi connectivity index (χ1v) is 6.85. The zero-order chi connectivity index (χ0) is 14.7. The van der Waals surface area contributed by atoms with Gasteiger partial charge < -0.3 is 10.4 Å². The fraction of sp³-hybridized carbons (Fsp3) is 0.100. The van der Waals surface area contributed by atoms with Crippen LogP contribution >= 0.6 is 23.1 Å². The SMILES string of the molecule is O=C(O)CSc1nnc(Nc2cc(F)cc(F)c2F)s1. The average molecular weight is 321 g/mol. The van der Waals surface area contributed by atoms with Crippen LogP contribution in [-0.2, 0) is 4.79 Å². The first-order valence-electron chi connectivity index (χ1n) is 5.05. The van der Waals surface area contributed by atoms with E-state index in [1.54, 1.807) is 0 Å². The van der Waals surface area contributed by atoms with Crippen LogP contribution in [0.1, 0.15) is 0 Å². The van der Waals surface area contributed by atoms with E-state index in [0.29, 0.717) is 10.4 Å². The third kappa shape index (κ3) is 3.61. The number of aliphatic carboxylic acids is 1. The maximum atomic E-state index is 13.4. The van der Waals surface area contributed by atoms with Gasteiger partial charge in [-0.3, -0.25) is 4.79 Å². The smallest absolute Gasteiger partial charge is 0.313 e. The number of carboxylic acid groups (broad SMARTS) is 1. The molecule has 1 aromatic carbocycles. The van der Waals surface area contributed by atoms with E-state index >= 15 is 0 Å². The van der Waals surface area contributed by atoms with Crippen molar-refractivity contribution in [3.05, 3.63) is 29.6 Å². The number of carboxylic acids is 1. The van der Waals surface area contributed by atoms with Crippen molar-refractivity contribution in [1.29, 1.82) is 0 Å². The van der Waals surface area contributed by atoms with E-state index in [9.17, 15) is 18.0 Å². The minimum Gasteiger partial charge on any atom is -0.481 e. The van der Waals surface area contributed by atoms with Crippen molar-refractivity contribution < 1.29 is 23.1 Å². The lowest BCUT2D eigenvalue weighted by atomic mass is 10.3. The summed E-state index contributed by atoms with van der Waals surface area (Å²) in [6, 6.07) is 1.21. The Hall–Kier alpha value is -1.81. The highest BCUT2D eigenvalue weighted by atomic mass is 32.2. The Balaban J connectivity index is 2.12. The molecule has 2 rings (SSSR count). The molecule has 0 fully saturated rings. The van der Waals surface area contributed by atoms with Crippen molar-refractivity contribution in [2.75, 3.05) is 11.1 Å². The van der Waals surface area contributed by atoms with Crippen LogP contribution in [0.3, 0.4) is 0 Å². The number of halogens is 3. The molecular weight excluding hydrogens is 315 g/mol. The first-order chi connectivity index (χ1) is 9.45. The van der Waals surface area contributed by atoms with Crippen molar-refractivity contribution in [1.82, 2.24) is 10.2 Å². The van der Waals surface area contributed by atoms with Crippen LogP contribution in [0.2, 0.25) is 0 Å². The number of aromatic nitrogens is 2. The first kappa shape index (κ1) is 14.6. The molecule has 0 saturated carbocycles. The molecule has 0 saturated heterocycles. The molecule has 0 atom stereocenters. The number of benzene rings is 1. The fourth-order valence-electron chi connectivity index (χ4n) is 1.20. The highest BCUT2D eigenvalue weighted by Gasteiger charge is 2.13. The number of anilines is 2. The number of rotatable bonds is 5. The second-order valence-electron chi connectivity index (χ2n) is 3.43. The molecule has 20 heavy (non-hydrogen) atoms. The molecule has 0 aliphatic carbocycles. The summed E-state index contributed by atoms with van der Waals surface area (Å²) in [6.07, 6.45) is 0. The fourth-order valence-corrected chi connectivity index (χ4v) is 2.69. The van der Waals surface area contributed by atoms with E-state index < -0.39 is 29.1 Å². The van der Waals surface area contributed by atoms with Crippen molar-refractivity contribution in [3.63, 3.8) is 0 Å². The van der Waals surface area contributed by atoms with Crippen LogP contribution in [0.15, 0.2) is 16.5 Å². The van der Waals surface area contributed by atoms with Gasteiger partial charge in [-0.15, -0.1) is 10.2 Å². The number of hydrogen-bond donors (Lipinski definition) is 2. The molecule has 106 valence electrons. The lowest BCUT2D eigenvalue weighted by Gasteiger charge is -2.04. The zero-order valence-corrected chi connectivity index (χ0v) is 11.2. The van der Waals surface area contributed by atoms with Crippen LogP contribution in [0, 0.1) is 17.5 Å². The van der Waals surface area contributed by atoms with Crippen molar-refractivity contribution in [3.8, 4) is 0 Å². The normalized spacial score (nSPS) is 10.6. The predicted octanol–water partition coefficient (Wildman–Crippen LogP) is 2.88. The van der Waals surface area contributed by atoms with Gasteiger partial charge in [-0.25, -0.2) is 13.2 Å². The molecule has 10 heteroatoms. The van der Waals surface area contributed by atoms with Gasteiger partial charge in [0.05, 0.1) is 11.4 Å². The molecule has 0 amide bonds. The molecule has 1 heterocycles. The van der Waals surface area contributed by atoms with Gasteiger partial charge in [-0.2, -0.15) is 0 Å². The Labute approximate surface area is 118 Å². The van der Waals surface area contributed by atoms with E-state index in [-0.39, 0.29) is 10.9 Å². The second kappa shape index (κ2) is 6.09. The second-order valence-corrected chi connectivity index (χ2v) is 5.63. The Kier molecular flexibility index (Phi) is 4.45. The molecule has 0 spiro atoms. The molecule has 0 aliphatic rings. The van der Waals surface area contributed by atoms with E-state index in [1.807, 2.05) is 0 Å². The average Bonchev–Trinajstić information content (AvgIpc) is 2.80. The van der Waals surface area contributed by atoms with E-state index in [0.717, 1.165) is 29.2 Å². The van der Waals surface area contributed by atoms with Crippen LogP contribution < -0.4 is 5.32 Å². The molecular formula is C10H6F3N3O2S2. The summed E-state index contributed by atoms with van der Waals surface area (Å²) in [7, 11) is 0. The standard InChI is InChI=1S/C10H6F3N3O2S2/c11-4-1-5(12)8(13)6(2-4)14-9-15-16-10(20-9)19-3-7(17)18/h1-2H,3H2,(H,14,15)(H,17,18). The topological polar surface area (TPSA) is 75.1 Å². The van der Waals surface area contributed by atoms with Gasteiger partial charge in [0.1, 0.15) is 5.82 Å². The number of thioether (sulfide) groups is 1. The van der Waals surface area contributed by atoms with Gasteiger partial charge in [0.25, 0.3) is 0 Å². The summed E-state index contributed by atoms with van der Waals surface area (Å²) in [6.45, 7) is 0. The zero-order valence-electron chi connectivity index (χ0n) is 9.56. The van der Waals surface area contributed by atoms with Gasteiger partial charge in [-0.1, -0.05) is 23.1 Å². The molecule has 0 radical (unpaired) electrons. The molecule has 0 bridgehead atoms. The summed E-state index contributed by atoms with van der Waals surface area (Å²) >= 11 is 1.88. The summed E-state index contributed by atoms with van der Waals surface area (Å²) in [5.74, 6) is -4.70. The van der Waals surface area contributed by atoms with E-state index in [1.165, 1.54) is 0 Å². The summed E-state index contributed by atoms with van der Waals surface area (Å²) < 4.78 is 39.7. The molecule has 1 aromatic heterocycles. The maximum absolute atomic E-state index is 13.4. The number of hydrogen-bond acceptors (Lipinski definition) is 6. The summed E-state index contributed by atoms with van der Waals surface area (Å²) in [5.41, 5.74) is -0.409. The summed E-state index contributed by atoms with van der Waals surface area (Å²) in [4.78, 5) is 10.4. The van der Waals surface area contributed by atoms with Crippen LogP contribution in [0.5, 0.6) is 0 Å². The van der Waals surface area contributed by atoms with Gasteiger partial charge >= 0.3 is 5.97 Å². The molecule has 0 aliphatic heterocycles. The minimum atomic E-state index is -1.32.